The number of aromatic nitrogens is 3. The Kier molecular flexibility index (Phi) is 4.66. The van der Waals surface area contributed by atoms with E-state index in [1.54, 1.807) is 35.3 Å². The first kappa shape index (κ1) is 16.6. The molecular formula is C16H20N4O3S. The molecule has 1 saturated heterocycles. The van der Waals surface area contributed by atoms with Gasteiger partial charge in [-0.05, 0) is 30.5 Å². The van der Waals surface area contributed by atoms with Gasteiger partial charge >= 0.3 is 0 Å². The summed E-state index contributed by atoms with van der Waals surface area (Å²) in [4.78, 5) is 18.5. The minimum Gasteiger partial charge on any atom is -0.337 e. The minimum atomic E-state index is -3.07. The van der Waals surface area contributed by atoms with Crippen molar-refractivity contribution in [2.45, 2.75) is 24.6 Å². The number of likely N-dealkylation sites (tertiary alicyclic amines) is 1. The van der Waals surface area contributed by atoms with Gasteiger partial charge in [-0.3, -0.25) is 4.79 Å². The molecule has 1 aliphatic heterocycles. The van der Waals surface area contributed by atoms with E-state index in [0.29, 0.717) is 17.7 Å². The summed E-state index contributed by atoms with van der Waals surface area (Å²) in [6.07, 6.45) is 6.27. The summed E-state index contributed by atoms with van der Waals surface area (Å²) in [7, 11) is -3.07. The number of hydrogen-bond acceptors (Lipinski definition) is 5. The van der Waals surface area contributed by atoms with Gasteiger partial charge in [-0.15, -0.1) is 0 Å². The molecule has 0 saturated carbocycles. The Hall–Kier alpha value is -2.22. The fourth-order valence-electron chi connectivity index (χ4n) is 2.99. The smallest absolute Gasteiger partial charge is 0.253 e. The SMILES string of the molecule is CS(=O)(=O)Cc1ccc(C(=O)N2CCC[C@@H](n3cncn3)C2)cc1. The van der Waals surface area contributed by atoms with Crippen LogP contribution in [-0.2, 0) is 15.6 Å². The van der Waals surface area contributed by atoms with Gasteiger partial charge in [-0.1, -0.05) is 12.1 Å². The van der Waals surface area contributed by atoms with Gasteiger partial charge in [0.2, 0.25) is 0 Å². The Morgan fingerprint density at radius 2 is 2.04 bits per heavy atom. The number of nitrogens with zero attached hydrogens (tertiary/aromatic N) is 4. The molecule has 0 radical (unpaired) electrons. The lowest BCUT2D eigenvalue weighted by molar-refractivity contribution is 0.0672. The molecule has 0 spiro atoms. The maximum Gasteiger partial charge on any atom is 0.253 e. The van der Waals surface area contributed by atoms with Gasteiger partial charge in [0.25, 0.3) is 5.91 Å². The average Bonchev–Trinajstić information content (AvgIpc) is 3.08. The average molecular weight is 348 g/mol. The first-order valence-corrected chi connectivity index (χ1v) is 9.88. The van der Waals surface area contributed by atoms with Gasteiger partial charge in [-0.2, -0.15) is 5.10 Å². The standard InChI is InChI=1S/C16H20N4O3S/c1-24(22,23)10-13-4-6-14(7-5-13)16(21)19-8-2-3-15(9-19)20-12-17-11-18-20/h4-7,11-12,15H,2-3,8-10H2,1H3/t15-/m1/s1. The lowest BCUT2D eigenvalue weighted by Crippen LogP contribution is -2.40. The van der Waals surface area contributed by atoms with Gasteiger partial charge in [0.1, 0.15) is 12.7 Å². The second-order valence-electron chi connectivity index (χ2n) is 6.19. The number of sulfone groups is 1. The number of piperidine rings is 1. The number of carbonyl (C=O) groups excluding carboxylic acids is 1. The van der Waals surface area contributed by atoms with Crippen molar-refractivity contribution in [3.63, 3.8) is 0 Å². The Morgan fingerprint density at radius 1 is 1.29 bits per heavy atom. The number of carbonyl (C=O) groups is 1. The molecule has 0 unspecified atom stereocenters. The first-order chi connectivity index (χ1) is 11.4. The molecule has 128 valence electrons. The molecule has 24 heavy (non-hydrogen) atoms. The van der Waals surface area contributed by atoms with E-state index in [2.05, 4.69) is 10.1 Å². The van der Waals surface area contributed by atoms with Crippen LogP contribution in [0.2, 0.25) is 0 Å². The largest absolute Gasteiger partial charge is 0.337 e. The number of rotatable bonds is 4. The van der Waals surface area contributed by atoms with Crippen LogP contribution in [0, 0.1) is 0 Å². The molecule has 0 bridgehead atoms. The van der Waals surface area contributed by atoms with E-state index in [-0.39, 0.29) is 17.7 Å². The van der Waals surface area contributed by atoms with Crippen molar-refractivity contribution in [2.75, 3.05) is 19.3 Å². The molecule has 2 aromatic rings. The molecule has 7 nitrogen and oxygen atoms in total. The van der Waals surface area contributed by atoms with Crippen molar-refractivity contribution in [2.24, 2.45) is 0 Å². The zero-order valence-electron chi connectivity index (χ0n) is 13.5. The van der Waals surface area contributed by atoms with E-state index < -0.39 is 9.84 Å². The van der Waals surface area contributed by atoms with Crippen molar-refractivity contribution in [3.05, 3.63) is 48.0 Å². The fraction of sp³-hybridized carbons (Fsp3) is 0.438. The van der Waals surface area contributed by atoms with E-state index in [1.165, 1.54) is 12.6 Å². The number of hydrogen-bond donors (Lipinski definition) is 0. The van der Waals surface area contributed by atoms with Crippen LogP contribution in [0.3, 0.4) is 0 Å². The normalized spacial score (nSPS) is 18.5. The van der Waals surface area contributed by atoms with E-state index >= 15 is 0 Å². The Balaban J connectivity index is 1.69. The summed E-state index contributed by atoms with van der Waals surface area (Å²) in [6, 6.07) is 6.94. The summed E-state index contributed by atoms with van der Waals surface area (Å²) < 4.78 is 24.5. The molecule has 1 atom stereocenters. The van der Waals surface area contributed by atoms with Crippen molar-refractivity contribution < 1.29 is 13.2 Å². The predicted molar refractivity (Wildman–Crippen MR) is 89.2 cm³/mol. The Morgan fingerprint density at radius 3 is 2.67 bits per heavy atom. The third-order valence-electron chi connectivity index (χ3n) is 4.12. The van der Waals surface area contributed by atoms with Crippen LogP contribution in [0.15, 0.2) is 36.9 Å². The fourth-order valence-corrected chi connectivity index (χ4v) is 3.79. The van der Waals surface area contributed by atoms with E-state index in [1.807, 2.05) is 4.90 Å². The summed E-state index contributed by atoms with van der Waals surface area (Å²) in [6.45, 7) is 1.32. The third kappa shape index (κ3) is 4.00. The number of benzene rings is 1. The highest BCUT2D eigenvalue weighted by Gasteiger charge is 2.25. The Bertz CT molecular complexity index is 800. The van der Waals surface area contributed by atoms with Crippen LogP contribution in [-0.4, -0.2) is 53.3 Å². The molecule has 2 heterocycles. The van der Waals surface area contributed by atoms with Crippen LogP contribution in [0.1, 0.15) is 34.8 Å². The van der Waals surface area contributed by atoms with Crippen LogP contribution in [0.4, 0.5) is 0 Å². The highest BCUT2D eigenvalue weighted by Crippen LogP contribution is 2.22. The van der Waals surface area contributed by atoms with Crippen LogP contribution in [0.25, 0.3) is 0 Å². The molecule has 1 aromatic carbocycles. The maximum atomic E-state index is 12.7. The van der Waals surface area contributed by atoms with Gasteiger partial charge in [0.05, 0.1) is 11.8 Å². The van der Waals surface area contributed by atoms with Gasteiger partial charge in [0, 0.05) is 24.9 Å². The molecule has 1 fully saturated rings. The predicted octanol–water partition coefficient (Wildman–Crippen LogP) is 1.30. The summed E-state index contributed by atoms with van der Waals surface area (Å²) in [5, 5.41) is 4.16. The van der Waals surface area contributed by atoms with Crippen molar-refractivity contribution in [1.29, 1.82) is 0 Å². The minimum absolute atomic E-state index is 0.0143. The molecule has 3 rings (SSSR count). The Labute approximate surface area is 141 Å². The first-order valence-electron chi connectivity index (χ1n) is 7.82. The molecular weight excluding hydrogens is 328 g/mol. The number of amides is 1. The highest BCUT2D eigenvalue weighted by atomic mass is 32.2. The second kappa shape index (κ2) is 6.72. The summed E-state index contributed by atoms with van der Waals surface area (Å²) >= 11 is 0. The lowest BCUT2D eigenvalue weighted by atomic mass is 10.0. The molecule has 0 aliphatic carbocycles. The van der Waals surface area contributed by atoms with Crippen LogP contribution < -0.4 is 0 Å². The molecule has 1 aliphatic rings. The van der Waals surface area contributed by atoms with Crippen molar-refractivity contribution in [1.82, 2.24) is 19.7 Å². The lowest BCUT2D eigenvalue weighted by Gasteiger charge is -2.32. The van der Waals surface area contributed by atoms with Crippen molar-refractivity contribution in [3.8, 4) is 0 Å². The zero-order chi connectivity index (χ0) is 17.2. The quantitative estimate of drug-likeness (QED) is 0.831. The topological polar surface area (TPSA) is 85.2 Å². The molecule has 0 N–H and O–H groups in total. The van der Waals surface area contributed by atoms with Gasteiger partial charge in [-0.25, -0.2) is 18.1 Å². The highest BCUT2D eigenvalue weighted by molar-refractivity contribution is 7.89. The monoisotopic (exact) mass is 348 g/mol. The van der Waals surface area contributed by atoms with Crippen LogP contribution in [0.5, 0.6) is 0 Å². The van der Waals surface area contributed by atoms with Gasteiger partial charge in [0.15, 0.2) is 9.84 Å². The van der Waals surface area contributed by atoms with Crippen molar-refractivity contribution >= 4 is 15.7 Å². The van der Waals surface area contributed by atoms with E-state index in [9.17, 15) is 13.2 Å². The zero-order valence-corrected chi connectivity index (χ0v) is 14.3. The van der Waals surface area contributed by atoms with E-state index in [0.717, 1.165) is 19.4 Å². The molecule has 1 aromatic heterocycles. The second-order valence-corrected chi connectivity index (χ2v) is 8.33. The summed E-state index contributed by atoms with van der Waals surface area (Å²) in [5.41, 5.74) is 1.26. The third-order valence-corrected chi connectivity index (χ3v) is 4.98. The van der Waals surface area contributed by atoms with Crippen LogP contribution >= 0.6 is 0 Å². The molecule has 8 heteroatoms. The maximum absolute atomic E-state index is 12.7. The molecule has 1 amide bonds. The van der Waals surface area contributed by atoms with Gasteiger partial charge < -0.3 is 4.90 Å². The summed E-state index contributed by atoms with van der Waals surface area (Å²) in [5.74, 6) is -0.0507. The van der Waals surface area contributed by atoms with E-state index in [4.69, 9.17) is 0 Å².